The van der Waals surface area contributed by atoms with Crippen LogP contribution in [-0.4, -0.2) is 16.2 Å². The Morgan fingerprint density at radius 3 is 2.14 bits per heavy atom. The van der Waals surface area contributed by atoms with E-state index in [2.05, 4.69) is 0 Å². The fourth-order valence-electron chi connectivity index (χ4n) is 1.48. The predicted molar refractivity (Wildman–Crippen MR) is 48.5 cm³/mol. The van der Waals surface area contributed by atoms with Crippen molar-refractivity contribution in [3.05, 3.63) is 34.6 Å². The average Bonchev–Trinajstić information content (AvgIpc) is 2.01. The zero-order valence-electron chi connectivity index (χ0n) is 7.91. The van der Waals surface area contributed by atoms with E-state index in [1.807, 2.05) is 0 Å². The van der Waals surface area contributed by atoms with Gasteiger partial charge in [0.1, 0.15) is 5.82 Å². The number of hydrogen-bond acceptors (Lipinski definition) is 2. The minimum Gasteiger partial charge on any atom is -0.479 e. The van der Waals surface area contributed by atoms with Crippen molar-refractivity contribution in [1.82, 2.24) is 0 Å². The molecule has 76 valence electrons. The fourth-order valence-corrected chi connectivity index (χ4v) is 1.48. The topological polar surface area (TPSA) is 57.5 Å². The molecule has 2 N–H and O–H groups in total. The number of aliphatic hydroxyl groups is 1. The summed E-state index contributed by atoms with van der Waals surface area (Å²) in [5.41, 5.74) is 1.15. The van der Waals surface area contributed by atoms with Gasteiger partial charge in [0, 0.05) is 0 Å². The lowest BCUT2D eigenvalue weighted by Gasteiger charge is -2.12. The molecule has 1 aromatic carbocycles. The smallest absolute Gasteiger partial charge is 0.337 e. The number of carboxylic acids is 1. The van der Waals surface area contributed by atoms with Crippen LogP contribution in [0.2, 0.25) is 0 Å². The largest absolute Gasteiger partial charge is 0.479 e. The van der Waals surface area contributed by atoms with E-state index in [9.17, 15) is 14.3 Å². The van der Waals surface area contributed by atoms with E-state index >= 15 is 0 Å². The Morgan fingerprint density at radius 1 is 1.36 bits per heavy atom. The lowest BCUT2D eigenvalue weighted by Crippen LogP contribution is -2.13. The van der Waals surface area contributed by atoms with Crippen LogP contribution in [0.25, 0.3) is 0 Å². The van der Waals surface area contributed by atoms with Crippen LogP contribution in [0.4, 0.5) is 4.39 Å². The first-order chi connectivity index (χ1) is 6.43. The molecule has 0 aliphatic carbocycles. The highest BCUT2D eigenvalue weighted by atomic mass is 19.1. The number of halogens is 1. The molecule has 4 heteroatoms. The molecule has 14 heavy (non-hydrogen) atoms. The number of rotatable bonds is 2. The molecule has 0 radical (unpaired) electrons. The SMILES string of the molecule is Cc1cc(F)cc(C)c1C(O)C(=O)O. The van der Waals surface area contributed by atoms with Gasteiger partial charge in [0.2, 0.25) is 0 Å². The van der Waals surface area contributed by atoms with Crippen LogP contribution >= 0.6 is 0 Å². The molecular formula is C10H11FO3. The molecule has 1 aromatic rings. The van der Waals surface area contributed by atoms with Gasteiger partial charge in [0.25, 0.3) is 0 Å². The number of hydrogen-bond donors (Lipinski definition) is 2. The second kappa shape index (κ2) is 3.75. The molecule has 3 nitrogen and oxygen atoms in total. The summed E-state index contributed by atoms with van der Waals surface area (Å²) in [6, 6.07) is 2.41. The third-order valence-electron chi connectivity index (χ3n) is 2.07. The van der Waals surface area contributed by atoms with Crippen LogP contribution < -0.4 is 0 Å². The van der Waals surface area contributed by atoms with Crippen molar-refractivity contribution in [2.24, 2.45) is 0 Å². The molecule has 1 atom stereocenters. The van der Waals surface area contributed by atoms with Gasteiger partial charge in [-0.05, 0) is 42.7 Å². The van der Waals surface area contributed by atoms with E-state index in [0.717, 1.165) is 0 Å². The minimum absolute atomic E-state index is 0.263. The molecule has 0 saturated heterocycles. The lowest BCUT2D eigenvalue weighted by molar-refractivity contribution is -0.147. The van der Waals surface area contributed by atoms with Gasteiger partial charge in [-0.3, -0.25) is 0 Å². The van der Waals surface area contributed by atoms with Crippen LogP contribution in [-0.2, 0) is 4.79 Å². The van der Waals surface area contributed by atoms with Crippen LogP contribution in [0.15, 0.2) is 12.1 Å². The fraction of sp³-hybridized carbons (Fsp3) is 0.300. The van der Waals surface area contributed by atoms with Gasteiger partial charge in [0.15, 0.2) is 6.10 Å². The highest BCUT2D eigenvalue weighted by molar-refractivity contribution is 5.75. The maximum Gasteiger partial charge on any atom is 0.337 e. The number of carbonyl (C=O) groups is 1. The second-order valence-corrected chi connectivity index (χ2v) is 3.19. The van der Waals surface area contributed by atoms with E-state index in [1.54, 1.807) is 13.8 Å². The number of benzene rings is 1. The molecule has 1 rings (SSSR count). The average molecular weight is 198 g/mol. The number of aryl methyl sites for hydroxylation is 2. The van der Waals surface area contributed by atoms with Gasteiger partial charge < -0.3 is 10.2 Å². The molecule has 0 spiro atoms. The van der Waals surface area contributed by atoms with Gasteiger partial charge in [-0.1, -0.05) is 0 Å². The van der Waals surface area contributed by atoms with Gasteiger partial charge >= 0.3 is 5.97 Å². The van der Waals surface area contributed by atoms with E-state index in [4.69, 9.17) is 5.11 Å². The molecule has 0 heterocycles. The maximum absolute atomic E-state index is 12.8. The zero-order valence-corrected chi connectivity index (χ0v) is 7.91. The maximum atomic E-state index is 12.8. The molecule has 0 amide bonds. The summed E-state index contributed by atoms with van der Waals surface area (Å²) in [6.45, 7) is 3.13. The van der Waals surface area contributed by atoms with Crippen molar-refractivity contribution < 1.29 is 19.4 Å². The second-order valence-electron chi connectivity index (χ2n) is 3.19. The Morgan fingerprint density at radius 2 is 1.79 bits per heavy atom. The third-order valence-corrected chi connectivity index (χ3v) is 2.07. The van der Waals surface area contributed by atoms with Gasteiger partial charge in [-0.2, -0.15) is 0 Å². The van der Waals surface area contributed by atoms with Gasteiger partial charge in [0.05, 0.1) is 0 Å². The van der Waals surface area contributed by atoms with E-state index < -0.39 is 17.9 Å². The van der Waals surface area contributed by atoms with Gasteiger partial charge in [-0.15, -0.1) is 0 Å². The molecule has 0 bridgehead atoms. The Labute approximate surface area is 80.8 Å². The molecule has 0 aliphatic rings. The molecular weight excluding hydrogens is 187 g/mol. The normalized spacial score (nSPS) is 12.6. The molecule has 0 saturated carbocycles. The summed E-state index contributed by atoms with van der Waals surface area (Å²) >= 11 is 0. The minimum atomic E-state index is -1.59. The standard InChI is InChI=1S/C10H11FO3/c1-5-3-7(11)4-6(2)8(5)9(12)10(13)14/h3-4,9,12H,1-2H3,(H,13,14). The highest BCUT2D eigenvalue weighted by Gasteiger charge is 2.20. The monoisotopic (exact) mass is 198 g/mol. The zero-order chi connectivity index (χ0) is 10.9. The van der Waals surface area contributed by atoms with Crippen molar-refractivity contribution in [2.45, 2.75) is 20.0 Å². The summed E-state index contributed by atoms with van der Waals surface area (Å²) in [6.07, 6.45) is -1.59. The van der Waals surface area contributed by atoms with Crippen molar-refractivity contribution in [1.29, 1.82) is 0 Å². The van der Waals surface area contributed by atoms with Gasteiger partial charge in [-0.25, -0.2) is 9.18 Å². The number of carboxylic acid groups (broad SMARTS) is 1. The Balaban J connectivity index is 3.27. The van der Waals surface area contributed by atoms with E-state index in [0.29, 0.717) is 11.1 Å². The number of aliphatic carboxylic acids is 1. The summed E-state index contributed by atoms with van der Waals surface area (Å²) in [7, 11) is 0. The first kappa shape index (κ1) is 10.7. The van der Waals surface area contributed by atoms with Crippen LogP contribution in [0.3, 0.4) is 0 Å². The van der Waals surface area contributed by atoms with Crippen molar-refractivity contribution in [3.8, 4) is 0 Å². The van der Waals surface area contributed by atoms with Crippen molar-refractivity contribution in [2.75, 3.05) is 0 Å². The Hall–Kier alpha value is -1.42. The summed E-state index contributed by atoms with van der Waals surface area (Å²) in [5.74, 6) is -1.76. The first-order valence-corrected chi connectivity index (χ1v) is 4.11. The van der Waals surface area contributed by atoms with Crippen molar-refractivity contribution in [3.63, 3.8) is 0 Å². The summed E-state index contributed by atoms with van der Waals surface area (Å²) in [5, 5.41) is 17.9. The lowest BCUT2D eigenvalue weighted by atomic mass is 9.98. The van der Waals surface area contributed by atoms with Crippen LogP contribution in [0, 0.1) is 19.7 Å². The predicted octanol–water partition coefficient (Wildman–Crippen LogP) is 1.56. The first-order valence-electron chi connectivity index (χ1n) is 4.11. The Bertz CT molecular complexity index is 351. The Kier molecular flexibility index (Phi) is 2.86. The van der Waals surface area contributed by atoms with E-state index in [-0.39, 0.29) is 5.56 Å². The molecule has 0 aliphatic heterocycles. The van der Waals surface area contributed by atoms with E-state index in [1.165, 1.54) is 12.1 Å². The van der Waals surface area contributed by atoms with Crippen LogP contribution in [0.5, 0.6) is 0 Å². The third kappa shape index (κ3) is 1.90. The molecule has 1 unspecified atom stereocenters. The summed E-state index contributed by atoms with van der Waals surface area (Å²) in [4.78, 5) is 10.5. The van der Waals surface area contributed by atoms with Crippen LogP contribution in [0.1, 0.15) is 22.8 Å². The quantitative estimate of drug-likeness (QED) is 0.758. The number of aliphatic hydroxyl groups excluding tert-OH is 1. The molecule has 0 aromatic heterocycles. The van der Waals surface area contributed by atoms with Crippen molar-refractivity contribution >= 4 is 5.97 Å². The highest BCUT2D eigenvalue weighted by Crippen LogP contribution is 2.23. The summed E-state index contributed by atoms with van der Waals surface area (Å²) < 4.78 is 12.8. The molecule has 0 fully saturated rings.